The van der Waals surface area contributed by atoms with Crippen molar-refractivity contribution in [1.29, 1.82) is 0 Å². The maximum absolute atomic E-state index is 11.1. The lowest BCUT2D eigenvalue weighted by molar-refractivity contribution is 0.0995. The average molecular weight is 287 g/mol. The molecule has 110 valence electrons. The van der Waals surface area contributed by atoms with Crippen molar-refractivity contribution in [3.63, 3.8) is 0 Å². The van der Waals surface area contributed by atoms with Gasteiger partial charge < -0.3 is 15.6 Å². The van der Waals surface area contributed by atoms with Gasteiger partial charge >= 0.3 is 0 Å². The Balaban J connectivity index is 1.72. The zero-order valence-corrected chi connectivity index (χ0v) is 11.6. The number of nitrogens with zero attached hydrogens (tertiary/aromatic N) is 5. The van der Waals surface area contributed by atoms with E-state index in [9.17, 15) is 4.79 Å². The first-order chi connectivity index (χ1) is 10.2. The van der Waals surface area contributed by atoms with Gasteiger partial charge in [0.25, 0.3) is 5.91 Å². The van der Waals surface area contributed by atoms with E-state index >= 15 is 0 Å². The summed E-state index contributed by atoms with van der Waals surface area (Å²) in [5.41, 5.74) is 5.33. The Bertz CT molecular complexity index is 652. The molecule has 0 aromatic carbocycles. The van der Waals surface area contributed by atoms with Gasteiger partial charge in [-0.1, -0.05) is 6.42 Å². The topological polar surface area (TPSA) is 112 Å². The minimum Gasteiger partial charge on any atom is -0.364 e. The van der Waals surface area contributed by atoms with Gasteiger partial charge in [-0.15, -0.1) is 10.2 Å². The molecule has 0 saturated heterocycles. The third-order valence-electron chi connectivity index (χ3n) is 3.50. The first-order valence-electron chi connectivity index (χ1n) is 7.01. The zero-order valence-electron chi connectivity index (χ0n) is 11.6. The molecule has 1 aliphatic rings. The number of aryl methyl sites for hydroxylation is 1. The quantitative estimate of drug-likeness (QED) is 0.847. The molecule has 2 aromatic rings. The van der Waals surface area contributed by atoms with E-state index in [-0.39, 0.29) is 5.69 Å². The summed E-state index contributed by atoms with van der Waals surface area (Å²) in [5, 5.41) is 11.6. The summed E-state index contributed by atoms with van der Waals surface area (Å²) < 4.78 is 2.16. The van der Waals surface area contributed by atoms with Crippen molar-refractivity contribution in [2.45, 2.75) is 38.8 Å². The lowest BCUT2D eigenvalue weighted by atomic mass is 10.2. The van der Waals surface area contributed by atoms with Gasteiger partial charge in [0.2, 0.25) is 0 Å². The molecule has 0 saturated carbocycles. The zero-order chi connectivity index (χ0) is 14.7. The highest BCUT2D eigenvalue weighted by Crippen LogP contribution is 2.15. The van der Waals surface area contributed by atoms with Crippen LogP contribution < -0.4 is 11.1 Å². The summed E-state index contributed by atoms with van der Waals surface area (Å²) in [5.74, 6) is 1.82. The standard InChI is InChI=1S/C13H17N7O/c14-13(21)9-6-15-7-10(17-9)16-8-12-19-18-11-4-2-1-3-5-20(11)12/h6-7H,1-5,8H2,(H2,14,21)(H,16,17). The normalized spacial score (nSPS) is 14.3. The van der Waals surface area contributed by atoms with E-state index < -0.39 is 5.91 Å². The number of nitrogens with two attached hydrogens (primary N) is 1. The number of nitrogens with one attached hydrogen (secondary N) is 1. The predicted octanol–water partition coefficient (Wildman–Crippen LogP) is 0.505. The Labute approximate surface area is 121 Å². The molecular formula is C13H17N7O. The van der Waals surface area contributed by atoms with Crippen molar-refractivity contribution >= 4 is 11.7 Å². The molecule has 0 atom stereocenters. The molecule has 0 spiro atoms. The minimum absolute atomic E-state index is 0.139. The Kier molecular flexibility index (Phi) is 3.76. The van der Waals surface area contributed by atoms with Gasteiger partial charge in [-0.2, -0.15) is 0 Å². The molecule has 3 heterocycles. The summed E-state index contributed by atoms with van der Waals surface area (Å²) in [6, 6.07) is 0. The third kappa shape index (κ3) is 2.99. The Morgan fingerprint density at radius 3 is 3.05 bits per heavy atom. The van der Waals surface area contributed by atoms with Gasteiger partial charge in [-0.3, -0.25) is 9.78 Å². The Morgan fingerprint density at radius 2 is 2.19 bits per heavy atom. The van der Waals surface area contributed by atoms with E-state index in [1.54, 1.807) is 6.20 Å². The molecule has 0 aliphatic carbocycles. The van der Waals surface area contributed by atoms with Crippen LogP contribution >= 0.6 is 0 Å². The molecule has 21 heavy (non-hydrogen) atoms. The lowest BCUT2D eigenvalue weighted by Crippen LogP contribution is -2.15. The number of anilines is 1. The molecule has 8 nitrogen and oxygen atoms in total. The van der Waals surface area contributed by atoms with Gasteiger partial charge in [-0.05, 0) is 12.8 Å². The molecule has 8 heteroatoms. The van der Waals surface area contributed by atoms with Gasteiger partial charge in [0, 0.05) is 13.0 Å². The molecule has 0 bridgehead atoms. The summed E-state index contributed by atoms with van der Waals surface area (Å²) in [6.07, 6.45) is 7.40. The van der Waals surface area contributed by atoms with E-state index in [1.807, 2.05) is 0 Å². The second-order valence-corrected chi connectivity index (χ2v) is 5.00. The fourth-order valence-corrected chi connectivity index (χ4v) is 2.42. The Hall–Kier alpha value is -2.51. The van der Waals surface area contributed by atoms with E-state index in [2.05, 4.69) is 30.0 Å². The van der Waals surface area contributed by atoms with Crippen molar-refractivity contribution < 1.29 is 4.79 Å². The summed E-state index contributed by atoms with van der Waals surface area (Å²) in [6.45, 7) is 1.44. The van der Waals surface area contributed by atoms with Crippen LogP contribution in [0.5, 0.6) is 0 Å². The number of carbonyl (C=O) groups is 1. The monoisotopic (exact) mass is 287 g/mol. The van der Waals surface area contributed by atoms with Gasteiger partial charge in [0.15, 0.2) is 5.82 Å². The average Bonchev–Trinajstić information content (AvgIpc) is 2.72. The molecule has 1 aliphatic heterocycles. The lowest BCUT2D eigenvalue weighted by Gasteiger charge is -2.08. The summed E-state index contributed by atoms with van der Waals surface area (Å²) >= 11 is 0. The number of carbonyl (C=O) groups excluding carboxylic acids is 1. The number of aromatic nitrogens is 5. The molecule has 0 fully saturated rings. The molecule has 0 unspecified atom stereocenters. The molecule has 0 radical (unpaired) electrons. The van der Waals surface area contributed by atoms with Crippen LogP contribution in [0.2, 0.25) is 0 Å². The van der Waals surface area contributed by atoms with Crippen molar-refractivity contribution in [2.75, 3.05) is 5.32 Å². The van der Waals surface area contributed by atoms with E-state index in [0.717, 1.165) is 37.5 Å². The first-order valence-corrected chi connectivity index (χ1v) is 7.01. The number of hydrogen-bond donors (Lipinski definition) is 2. The molecule has 1 amide bonds. The fraction of sp³-hybridized carbons (Fsp3) is 0.462. The van der Waals surface area contributed by atoms with Crippen LogP contribution in [0.15, 0.2) is 12.4 Å². The number of rotatable bonds is 4. The maximum atomic E-state index is 11.1. The number of amides is 1. The van der Waals surface area contributed by atoms with Crippen LogP contribution in [0.25, 0.3) is 0 Å². The van der Waals surface area contributed by atoms with Crippen molar-refractivity contribution in [2.24, 2.45) is 5.73 Å². The van der Waals surface area contributed by atoms with Crippen LogP contribution in [0.3, 0.4) is 0 Å². The van der Waals surface area contributed by atoms with Crippen molar-refractivity contribution in [3.05, 3.63) is 29.7 Å². The smallest absolute Gasteiger partial charge is 0.268 e. The van der Waals surface area contributed by atoms with Crippen LogP contribution in [0.1, 0.15) is 41.4 Å². The highest BCUT2D eigenvalue weighted by atomic mass is 16.1. The fourth-order valence-electron chi connectivity index (χ4n) is 2.42. The third-order valence-corrected chi connectivity index (χ3v) is 3.50. The summed E-state index contributed by atoms with van der Waals surface area (Å²) in [7, 11) is 0. The Morgan fingerprint density at radius 1 is 1.29 bits per heavy atom. The molecule has 3 N–H and O–H groups in total. The minimum atomic E-state index is -0.595. The van der Waals surface area contributed by atoms with E-state index in [0.29, 0.717) is 12.4 Å². The molecular weight excluding hydrogens is 270 g/mol. The van der Waals surface area contributed by atoms with E-state index in [1.165, 1.54) is 12.6 Å². The van der Waals surface area contributed by atoms with Gasteiger partial charge in [0.1, 0.15) is 17.3 Å². The largest absolute Gasteiger partial charge is 0.364 e. The van der Waals surface area contributed by atoms with E-state index in [4.69, 9.17) is 5.73 Å². The van der Waals surface area contributed by atoms with Crippen LogP contribution in [-0.4, -0.2) is 30.6 Å². The predicted molar refractivity (Wildman–Crippen MR) is 75.5 cm³/mol. The van der Waals surface area contributed by atoms with Crippen LogP contribution in [0, 0.1) is 0 Å². The van der Waals surface area contributed by atoms with Crippen molar-refractivity contribution in [3.8, 4) is 0 Å². The highest BCUT2D eigenvalue weighted by Gasteiger charge is 2.14. The highest BCUT2D eigenvalue weighted by molar-refractivity contribution is 5.90. The maximum Gasteiger partial charge on any atom is 0.268 e. The van der Waals surface area contributed by atoms with Gasteiger partial charge in [-0.25, -0.2) is 4.98 Å². The second kappa shape index (κ2) is 5.86. The van der Waals surface area contributed by atoms with Crippen LogP contribution in [-0.2, 0) is 19.5 Å². The number of hydrogen-bond acceptors (Lipinski definition) is 6. The number of primary amides is 1. The summed E-state index contributed by atoms with van der Waals surface area (Å²) in [4.78, 5) is 19.1. The molecule has 2 aromatic heterocycles. The number of fused-ring (bicyclic) bond motifs is 1. The van der Waals surface area contributed by atoms with Crippen molar-refractivity contribution in [1.82, 2.24) is 24.7 Å². The molecule has 3 rings (SSSR count). The SMILES string of the molecule is NC(=O)c1cncc(NCc2nnc3n2CCCCC3)n1. The van der Waals surface area contributed by atoms with Crippen LogP contribution in [0.4, 0.5) is 5.82 Å². The first kappa shape index (κ1) is 13.5. The second-order valence-electron chi connectivity index (χ2n) is 5.00. The van der Waals surface area contributed by atoms with Gasteiger partial charge in [0.05, 0.1) is 18.9 Å².